The summed E-state index contributed by atoms with van der Waals surface area (Å²) in [6, 6.07) is 12.7. The van der Waals surface area contributed by atoms with E-state index in [9.17, 15) is 9.59 Å². The lowest BCUT2D eigenvalue weighted by Crippen LogP contribution is -2.32. The van der Waals surface area contributed by atoms with Gasteiger partial charge in [-0.3, -0.25) is 9.59 Å². The van der Waals surface area contributed by atoms with Crippen LogP contribution in [0.5, 0.6) is 5.75 Å². The summed E-state index contributed by atoms with van der Waals surface area (Å²) in [5.41, 5.74) is 2.69. The van der Waals surface area contributed by atoms with E-state index >= 15 is 0 Å². The maximum absolute atomic E-state index is 13.6. The molecule has 0 bridgehead atoms. The van der Waals surface area contributed by atoms with Gasteiger partial charge in [0.2, 0.25) is 5.76 Å². The van der Waals surface area contributed by atoms with Crippen LogP contribution in [-0.4, -0.2) is 50.0 Å². The van der Waals surface area contributed by atoms with E-state index in [4.69, 9.17) is 9.15 Å². The molecule has 0 saturated heterocycles. The molecular weight excluding hydrogens is 392 g/mol. The van der Waals surface area contributed by atoms with Gasteiger partial charge in [-0.2, -0.15) is 0 Å². The van der Waals surface area contributed by atoms with E-state index in [1.54, 1.807) is 18.1 Å². The Hall–Kier alpha value is -3.12. The zero-order chi connectivity index (χ0) is 22.1. The molecule has 1 unspecified atom stereocenters. The van der Waals surface area contributed by atoms with Crippen molar-refractivity contribution < 1.29 is 13.9 Å². The van der Waals surface area contributed by atoms with E-state index in [0.717, 1.165) is 36.3 Å². The van der Waals surface area contributed by atoms with Gasteiger partial charge < -0.3 is 19.0 Å². The Morgan fingerprint density at radius 2 is 1.84 bits per heavy atom. The third kappa shape index (κ3) is 3.83. The fourth-order valence-corrected chi connectivity index (χ4v) is 4.21. The number of carbonyl (C=O) groups excluding carboxylic acids is 1. The molecule has 1 atom stereocenters. The zero-order valence-electron chi connectivity index (χ0n) is 18.5. The molecule has 1 aliphatic heterocycles. The Kier molecular flexibility index (Phi) is 5.83. The predicted octanol–water partition coefficient (Wildman–Crippen LogP) is 3.86. The SMILES string of the molecule is CCc1ccc2oc3c(c(=O)c2c1)C(c1ccc(OC)cc1)N(CCCN(C)C)C3=O. The fourth-order valence-electron chi connectivity index (χ4n) is 4.21. The van der Waals surface area contributed by atoms with Crippen molar-refractivity contribution in [3.8, 4) is 5.75 Å². The highest BCUT2D eigenvalue weighted by Gasteiger charge is 2.42. The minimum Gasteiger partial charge on any atom is -0.497 e. The van der Waals surface area contributed by atoms with Gasteiger partial charge >= 0.3 is 0 Å². The summed E-state index contributed by atoms with van der Waals surface area (Å²) in [6.45, 7) is 3.43. The van der Waals surface area contributed by atoms with Crippen LogP contribution in [0.2, 0.25) is 0 Å². The van der Waals surface area contributed by atoms with Crippen LogP contribution >= 0.6 is 0 Å². The number of methoxy groups -OCH3 is 1. The van der Waals surface area contributed by atoms with Crippen LogP contribution in [0.1, 0.15) is 46.6 Å². The maximum atomic E-state index is 13.6. The normalized spacial score (nSPS) is 15.7. The number of carbonyl (C=O) groups is 1. The molecule has 4 rings (SSSR count). The van der Waals surface area contributed by atoms with Gasteiger partial charge in [0.15, 0.2) is 5.43 Å². The summed E-state index contributed by atoms with van der Waals surface area (Å²) in [4.78, 5) is 30.8. The standard InChI is InChI=1S/C25H28N2O4/c1-5-16-7-12-20-19(15-16)23(28)21-22(17-8-10-18(30-4)11-9-17)27(14-6-13-26(2)3)25(29)24(21)31-20/h7-12,15,22H,5-6,13-14H2,1-4H3. The maximum Gasteiger partial charge on any atom is 0.290 e. The van der Waals surface area contributed by atoms with Crippen molar-refractivity contribution in [1.29, 1.82) is 0 Å². The minimum atomic E-state index is -0.471. The smallest absolute Gasteiger partial charge is 0.290 e. The van der Waals surface area contributed by atoms with Crippen molar-refractivity contribution in [2.75, 3.05) is 34.3 Å². The first-order valence-electron chi connectivity index (χ1n) is 10.6. The lowest BCUT2D eigenvalue weighted by molar-refractivity contribution is 0.0722. The summed E-state index contributed by atoms with van der Waals surface area (Å²) in [7, 11) is 5.62. The molecule has 31 heavy (non-hydrogen) atoms. The summed E-state index contributed by atoms with van der Waals surface area (Å²) >= 11 is 0. The van der Waals surface area contributed by atoms with E-state index < -0.39 is 6.04 Å². The fraction of sp³-hybridized carbons (Fsp3) is 0.360. The topological polar surface area (TPSA) is 63.0 Å². The first-order valence-corrected chi connectivity index (χ1v) is 10.6. The van der Waals surface area contributed by atoms with Crippen molar-refractivity contribution in [2.45, 2.75) is 25.8 Å². The number of aryl methyl sites for hydroxylation is 1. The van der Waals surface area contributed by atoms with E-state index in [1.165, 1.54) is 0 Å². The number of benzene rings is 2. The van der Waals surface area contributed by atoms with E-state index in [1.807, 2.05) is 57.4 Å². The zero-order valence-corrected chi connectivity index (χ0v) is 18.5. The second-order valence-corrected chi connectivity index (χ2v) is 8.19. The molecule has 1 amide bonds. The first kappa shape index (κ1) is 21.1. The molecule has 6 nitrogen and oxygen atoms in total. The molecule has 162 valence electrons. The Morgan fingerprint density at radius 1 is 1.10 bits per heavy atom. The number of amides is 1. The van der Waals surface area contributed by atoms with Gasteiger partial charge in [0, 0.05) is 6.54 Å². The van der Waals surface area contributed by atoms with Crippen molar-refractivity contribution in [1.82, 2.24) is 9.80 Å². The molecule has 0 fully saturated rings. The molecule has 6 heteroatoms. The lowest BCUT2D eigenvalue weighted by atomic mass is 9.97. The van der Waals surface area contributed by atoms with Crippen LogP contribution in [0, 0.1) is 0 Å². The Morgan fingerprint density at radius 3 is 2.48 bits per heavy atom. The molecule has 1 aromatic heterocycles. The van der Waals surface area contributed by atoms with Crippen molar-refractivity contribution in [3.63, 3.8) is 0 Å². The van der Waals surface area contributed by atoms with Crippen LogP contribution in [0.4, 0.5) is 0 Å². The van der Waals surface area contributed by atoms with Gasteiger partial charge in [0.05, 0.1) is 24.1 Å². The van der Waals surface area contributed by atoms with Crippen molar-refractivity contribution >= 4 is 16.9 Å². The average molecular weight is 421 g/mol. The Labute approximate surface area is 182 Å². The van der Waals surface area contributed by atoms with E-state index in [-0.39, 0.29) is 17.1 Å². The van der Waals surface area contributed by atoms with Crippen LogP contribution in [0.3, 0.4) is 0 Å². The molecule has 3 aromatic rings. The number of fused-ring (bicyclic) bond motifs is 2. The highest BCUT2D eigenvalue weighted by molar-refractivity contribution is 5.99. The Bertz CT molecular complexity index is 1160. The summed E-state index contributed by atoms with van der Waals surface area (Å²) in [5.74, 6) is 0.658. The number of hydrogen-bond acceptors (Lipinski definition) is 5. The molecule has 0 aliphatic carbocycles. The summed E-state index contributed by atoms with van der Waals surface area (Å²) in [6.07, 6.45) is 1.62. The second kappa shape index (κ2) is 8.55. The molecule has 2 heterocycles. The van der Waals surface area contributed by atoms with Gasteiger partial charge in [0.25, 0.3) is 5.91 Å². The third-order valence-corrected chi connectivity index (χ3v) is 5.87. The van der Waals surface area contributed by atoms with E-state index in [0.29, 0.717) is 23.1 Å². The quantitative estimate of drug-likeness (QED) is 0.581. The minimum absolute atomic E-state index is 0.129. The molecular formula is C25H28N2O4. The van der Waals surface area contributed by atoms with Gasteiger partial charge in [-0.1, -0.05) is 25.1 Å². The van der Waals surface area contributed by atoms with Gasteiger partial charge in [-0.05, 0) is 68.9 Å². The summed E-state index contributed by atoms with van der Waals surface area (Å²) < 4.78 is 11.3. The second-order valence-electron chi connectivity index (χ2n) is 8.19. The van der Waals surface area contributed by atoms with E-state index in [2.05, 4.69) is 4.90 Å². The first-order chi connectivity index (χ1) is 14.9. The largest absolute Gasteiger partial charge is 0.497 e. The van der Waals surface area contributed by atoms with Gasteiger partial charge in [-0.15, -0.1) is 0 Å². The Balaban J connectivity index is 1.86. The molecule has 0 N–H and O–H groups in total. The van der Waals surface area contributed by atoms with Crippen LogP contribution in [0.25, 0.3) is 11.0 Å². The number of rotatable bonds is 7. The number of hydrogen-bond donors (Lipinski definition) is 0. The molecule has 0 saturated carbocycles. The molecule has 0 spiro atoms. The monoisotopic (exact) mass is 420 g/mol. The number of ether oxygens (including phenoxy) is 1. The molecule has 2 aromatic carbocycles. The third-order valence-electron chi connectivity index (χ3n) is 5.87. The molecule has 0 radical (unpaired) electrons. The van der Waals surface area contributed by atoms with Crippen LogP contribution < -0.4 is 10.2 Å². The van der Waals surface area contributed by atoms with Crippen molar-refractivity contribution in [3.05, 3.63) is 75.1 Å². The van der Waals surface area contributed by atoms with Gasteiger partial charge in [0.1, 0.15) is 11.3 Å². The van der Waals surface area contributed by atoms with Crippen LogP contribution in [-0.2, 0) is 6.42 Å². The highest BCUT2D eigenvalue weighted by atomic mass is 16.5. The average Bonchev–Trinajstić information content (AvgIpc) is 3.05. The van der Waals surface area contributed by atoms with Gasteiger partial charge in [-0.25, -0.2) is 0 Å². The highest BCUT2D eigenvalue weighted by Crippen LogP contribution is 2.38. The van der Waals surface area contributed by atoms with Crippen LogP contribution in [0.15, 0.2) is 51.7 Å². The van der Waals surface area contributed by atoms with Crippen molar-refractivity contribution in [2.24, 2.45) is 0 Å². The molecule has 1 aliphatic rings. The number of nitrogens with zero attached hydrogens (tertiary/aromatic N) is 2. The summed E-state index contributed by atoms with van der Waals surface area (Å²) in [5, 5.41) is 0.527. The lowest BCUT2D eigenvalue weighted by Gasteiger charge is -2.25. The predicted molar refractivity (Wildman–Crippen MR) is 121 cm³/mol.